The topological polar surface area (TPSA) is 82.8 Å². The van der Waals surface area contributed by atoms with Gasteiger partial charge in [0, 0.05) is 24.7 Å². The highest BCUT2D eigenvalue weighted by Crippen LogP contribution is 2.28. The Labute approximate surface area is 167 Å². The van der Waals surface area contributed by atoms with Crippen LogP contribution in [-0.2, 0) is 17.9 Å². The predicted octanol–water partition coefficient (Wildman–Crippen LogP) is 3.85. The van der Waals surface area contributed by atoms with E-state index in [0.29, 0.717) is 25.5 Å². The Hall–Kier alpha value is -2.84. The summed E-state index contributed by atoms with van der Waals surface area (Å²) in [6, 6.07) is 9.01. The molecule has 0 saturated heterocycles. The Kier molecular flexibility index (Phi) is 6.33. The third kappa shape index (κ3) is 4.35. The molecule has 8 heteroatoms. The molecule has 148 valence electrons. The molecule has 0 aliphatic heterocycles. The second-order valence-electron chi connectivity index (χ2n) is 6.07. The minimum Gasteiger partial charge on any atom is -0.497 e. The average Bonchev–Trinajstić information content (AvgIpc) is 3.29. The predicted molar refractivity (Wildman–Crippen MR) is 106 cm³/mol. The lowest BCUT2D eigenvalue weighted by Crippen LogP contribution is -2.09. The molecular formula is C20H22N2O5S. The van der Waals surface area contributed by atoms with Crippen LogP contribution in [0.5, 0.6) is 11.5 Å². The third-order valence-electron chi connectivity index (χ3n) is 4.35. The molecule has 1 aromatic carbocycles. The molecule has 0 aliphatic rings. The molecule has 28 heavy (non-hydrogen) atoms. The monoisotopic (exact) mass is 402 g/mol. The molecule has 0 amide bonds. The number of methoxy groups -OCH3 is 2. The number of ether oxygens (including phenoxy) is 3. The van der Waals surface area contributed by atoms with Gasteiger partial charge in [-0.25, -0.2) is 9.78 Å². The van der Waals surface area contributed by atoms with Gasteiger partial charge in [0.25, 0.3) is 0 Å². The second-order valence-corrected chi connectivity index (χ2v) is 7.01. The van der Waals surface area contributed by atoms with Crippen molar-refractivity contribution in [1.29, 1.82) is 0 Å². The molecule has 2 heterocycles. The lowest BCUT2D eigenvalue weighted by molar-refractivity contribution is 0.0696. The van der Waals surface area contributed by atoms with Crippen molar-refractivity contribution in [2.45, 2.75) is 20.1 Å². The van der Waals surface area contributed by atoms with Crippen LogP contribution in [0.15, 0.2) is 35.7 Å². The van der Waals surface area contributed by atoms with E-state index in [0.717, 1.165) is 27.9 Å². The Bertz CT molecular complexity index is 946. The van der Waals surface area contributed by atoms with Gasteiger partial charge in [0.05, 0.1) is 30.7 Å². The van der Waals surface area contributed by atoms with Gasteiger partial charge < -0.3 is 23.9 Å². The highest BCUT2D eigenvalue weighted by molar-refractivity contribution is 7.09. The maximum atomic E-state index is 11.5. The number of hydrogen-bond acceptors (Lipinski definition) is 6. The fourth-order valence-corrected chi connectivity index (χ4v) is 3.56. The van der Waals surface area contributed by atoms with Crippen molar-refractivity contribution in [1.82, 2.24) is 9.55 Å². The lowest BCUT2D eigenvalue weighted by Gasteiger charge is -2.09. The van der Waals surface area contributed by atoms with E-state index in [2.05, 4.69) is 4.98 Å². The van der Waals surface area contributed by atoms with Crippen molar-refractivity contribution in [3.8, 4) is 22.9 Å². The van der Waals surface area contributed by atoms with Gasteiger partial charge in [-0.2, -0.15) is 0 Å². The van der Waals surface area contributed by atoms with Crippen LogP contribution in [0.1, 0.15) is 21.1 Å². The first kappa shape index (κ1) is 19.9. The first-order valence-electron chi connectivity index (χ1n) is 8.67. The van der Waals surface area contributed by atoms with Gasteiger partial charge in [0.15, 0.2) is 0 Å². The van der Waals surface area contributed by atoms with Gasteiger partial charge in [-0.3, -0.25) is 0 Å². The number of aromatic nitrogens is 2. The van der Waals surface area contributed by atoms with Gasteiger partial charge in [0.2, 0.25) is 0 Å². The first-order valence-corrected chi connectivity index (χ1v) is 9.55. The van der Waals surface area contributed by atoms with Crippen molar-refractivity contribution < 1.29 is 24.1 Å². The zero-order valence-electron chi connectivity index (χ0n) is 16.0. The summed E-state index contributed by atoms with van der Waals surface area (Å²) in [6.07, 6.45) is 0. The molecule has 0 unspecified atom stereocenters. The Balaban J connectivity index is 1.78. The van der Waals surface area contributed by atoms with Crippen LogP contribution in [0.2, 0.25) is 0 Å². The number of thiazole rings is 1. The number of nitrogens with zero attached hydrogens (tertiary/aromatic N) is 2. The van der Waals surface area contributed by atoms with E-state index in [1.165, 1.54) is 11.3 Å². The summed E-state index contributed by atoms with van der Waals surface area (Å²) in [4.78, 5) is 16.1. The number of benzene rings is 1. The zero-order chi connectivity index (χ0) is 20.1. The highest BCUT2D eigenvalue weighted by atomic mass is 32.1. The van der Waals surface area contributed by atoms with Gasteiger partial charge in [0.1, 0.15) is 23.1 Å². The number of aromatic carboxylic acids is 1. The van der Waals surface area contributed by atoms with Crippen molar-refractivity contribution in [3.05, 3.63) is 52.0 Å². The molecule has 0 radical (unpaired) electrons. The van der Waals surface area contributed by atoms with Crippen LogP contribution in [0.4, 0.5) is 0 Å². The highest BCUT2D eigenvalue weighted by Gasteiger charge is 2.19. The van der Waals surface area contributed by atoms with E-state index >= 15 is 0 Å². The third-order valence-corrected chi connectivity index (χ3v) is 5.17. The van der Waals surface area contributed by atoms with Crippen LogP contribution < -0.4 is 9.47 Å². The lowest BCUT2D eigenvalue weighted by atomic mass is 10.2. The molecule has 3 rings (SSSR count). The van der Waals surface area contributed by atoms with E-state index < -0.39 is 5.97 Å². The zero-order valence-corrected chi connectivity index (χ0v) is 16.8. The summed E-state index contributed by atoms with van der Waals surface area (Å²) in [7, 11) is 3.24. The summed E-state index contributed by atoms with van der Waals surface area (Å²) in [5, 5.41) is 12.2. The van der Waals surface area contributed by atoms with Crippen LogP contribution >= 0.6 is 11.3 Å². The van der Waals surface area contributed by atoms with Gasteiger partial charge in [-0.15, -0.1) is 11.3 Å². The molecule has 1 N–H and O–H groups in total. The van der Waals surface area contributed by atoms with E-state index in [4.69, 9.17) is 14.2 Å². The van der Waals surface area contributed by atoms with Crippen molar-refractivity contribution in [2.75, 3.05) is 20.8 Å². The number of carboxylic acid groups (broad SMARTS) is 1. The number of hydrogen-bond donors (Lipinski definition) is 1. The summed E-state index contributed by atoms with van der Waals surface area (Å²) >= 11 is 1.47. The summed E-state index contributed by atoms with van der Waals surface area (Å²) in [5.74, 6) is 0.545. The van der Waals surface area contributed by atoms with E-state index in [-0.39, 0.29) is 5.56 Å². The van der Waals surface area contributed by atoms with Crippen molar-refractivity contribution >= 4 is 17.3 Å². The molecule has 0 bridgehead atoms. The summed E-state index contributed by atoms with van der Waals surface area (Å²) in [6.45, 7) is 3.17. The minimum absolute atomic E-state index is 0.273. The van der Waals surface area contributed by atoms with Crippen LogP contribution in [0.25, 0.3) is 11.4 Å². The molecule has 0 fully saturated rings. The number of carboxylic acids is 1. The minimum atomic E-state index is -0.951. The van der Waals surface area contributed by atoms with Crippen LogP contribution in [0.3, 0.4) is 0 Å². The van der Waals surface area contributed by atoms with E-state index in [1.807, 2.05) is 34.2 Å². The maximum Gasteiger partial charge on any atom is 0.337 e. The fourth-order valence-electron chi connectivity index (χ4n) is 2.86. The smallest absolute Gasteiger partial charge is 0.337 e. The van der Waals surface area contributed by atoms with Crippen molar-refractivity contribution in [3.63, 3.8) is 0 Å². The largest absolute Gasteiger partial charge is 0.497 e. The number of carbonyl (C=O) groups is 1. The Morgan fingerprint density at radius 2 is 1.93 bits per heavy atom. The van der Waals surface area contributed by atoms with Crippen LogP contribution in [-0.4, -0.2) is 41.5 Å². The number of rotatable bonds is 9. The summed E-state index contributed by atoms with van der Waals surface area (Å²) < 4.78 is 18.0. The van der Waals surface area contributed by atoms with Crippen molar-refractivity contribution in [2.24, 2.45) is 0 Å². The van der Waals surface area contributed by atoms with E-state index in [1.54, 1.807) is 27.2 Å². The second kappa shape index (κ2) is 8.90. The Morgan fingerprint density at radius 1 is 1.21 bits per heavy atom. The van der Waals surface area contributed by atoms with Gasteiger partial charge in [-0.1, -0.05) is 0 Å². The molecule has 2 aromatic heterocycles. The van der Waals surface area contributed by atoms with Gasteiger partial charge >= 0.3 is 5.97 Å². The quantitative estimate of drug-likeness (QED) is 0.585. The standard InChI is InChI=1S/C20H22N2O5S/c1-13-16(20(23)24)10-18(22(13)8-9-25-2)17-12-28-19(21-17)11-27-15-6-4-14(26-3)5-7-15/h4-7,10,12H,8-9,11H2,1-3H3,(H,23,24). The normalized spacial score (nSPS) is 10.8. The maximum absolute atomic E-state index is 11.5. The Morgan fingerprint density at radius 3 is 2.57 bits per heavy atom. The SMILES string of the molecule is COCCn1c(-c2csc(COc3ccc(OC)cc3)n2)cc(C(=O)O)c1C. The first-order chi connectivity index (χ1) is 13.5. The molecule has 0 saturated carbocycles. The molecular weight excluding hydrogens is 380 g/mol. The van der Waals surface area contributed by atoms with Gasteiger partial charge in [-0.05, 0) is 37.3 Å². The average molecular weight is 402 g/mol. The van der Waals surface area contributed by atoms with Crippen LogP contribution in [0, 0.1) is 6.92 Å². The molecule has 3 aromatic rings. The summed E-state index contributed by atoms with van der Waals surface area (Å²) in [5.41, 5.74) is 2.45. The molecule has 7 nitrogen and oxygen atoms in total. The van der Waals surface area contributed by atoms with E-state index in [9.17, 15) is 9.90 Å². The molecule has 0 spiro atoms. The molecule has 0 atom stereocenters. The fraction of sp³-hybridized carbons (Fsp3) is 0.300. The molecule has 0 aliphatic carbocycles.